The van der Waals surface area contributed by atoms with Crippen LogP contribution in [0, 0.1) is 0 Å². The van der Waals surface area contributed by atoms with Crippen molar-refractivity contribution in [2.24, 2.45) is 5.73 Å². The number of hydrogen-bond acceptors (Lipinski definition) is 6. The fourth-order valence-electron chi connectivity index (χ4n) is 1.81. The van der Waals surface area contributed by atoms with E-state index in [2.05, 4.69) is 10.3 Å². The molecular weight excluding hydrogens is 286 g/mol. The van der Waals surface area contributed by atoms with E-state index in [0.717, 1.165) is 11.3 Å². The van der Waals surface area contributed by atoms with Crippen LogP contribution in [0.5, 0.6) is 5.75 Å². The van der Waals surface area contributed by atoms with Crippen LogP contribution in [-0.2, 0) is 6.54 Å². The first-order valence-corrected chi connectivity index (χ1v) is 6.81. The first kappa shape index (κ1) is 16.0. The number of nitrogens with zero attached hydrogens (tertiary/aromatic N) is 1. The van der Waals surface area contributed by atoms with Gasteiger partial charge in [-0.1, -0.05) is 12.1 Å². The second-order valence-electron chi connectivity index (χ2n) is 4.87. The quantitative estimate of drug-likeness (QED) is 0.734. The number of oxazole rings is 1. The molecule has 2 atom stereocenters. The molecule has 0 fully saturated rings. The van der Waals surface area contributed by atoms with Gasteiger partial charge in [-0.25, -0.2) is 4.98 Å². The number of nitrogens with one attached hydrogen (secondary N) is 1. The Morgan fingerprint density at radius 2 is 2.32 bits per heavy atom. The van der Waals surface area contributed by atoms with E-state index in [1.165, 1.54) is 13.2 Å². The van der Waals surface area contributed by atoms with Crippen molar-refractivity contribution in [2.45, 2.75) is 25.6 Å². The van der Waals surface area contributed by atoms with Crippen LogP contribution in [0.15, 0.2) is 34.9 Å². The summed E-state index contributed by atoms with van der Waals surface area (Å²) in [6.07, 6.45) is 0.407. The molecule has 0 aliphatic rings. The Morgan fingerprint density at radius 1 is 1.55 bits per heavy atom. The maximum Gasteiger partial charge on any atom is 0.273 e. The maximum atomic E-state index is 12.0. The largest absolute Gasteiger partial charge is 0.497 e. The third-order valence-electron chi connectivity index (χ3n) is 3.15. The predicted molar refractivity (Wildman–Crippen MR) is 79.3 cm³/mol. The summed E-state index contributed by atoms with van der Waals surface area (Å²) in [5.74, 6) is 0.468. The molecule has 2 aromatic rings. The van der Waals surface area contributed by atoms with Crippen molar-refractivity contribution < 1.29 is 19.1 Å². The lowest BCUT2D eigenvalue weighted by molar-refractivity contribution is 0.0945. The molecule has 0 spiro atoms. The molecule has 2 unspecified atom stereocenters. The normalized spacial score (nSPS) is 13.5. The van der Waals surface area contributed by atoms with Gasteiger partial charge in [0.15, 0.2) is 5.69 Å². The Kier molecular flexibility index (Phi) is 5.13. The average molecular weight is 305 g/mol. The lowest BCUT2D eigenvalue weighted by Gasteiger charge is -2.09. The van der Waals surface area contributed by atoms with Crippen LogP contribution in [0.2, 0.25) is 0 Å². The fourth-order valence-corrected chi connectivity index (χ4v) is 1.81. The molecule has 0 saturated carbocycles. The van der Waals surface area contributed by atoms with Crippen molar-refractivity contribution in [3.8, 4) is 5.75 Å². The summed E-state index contributed by atoms with van der Waals surface area (Å²) in [6.45, 7) is 1.86. The van der Waals surface area contributed by atoms with Gasteiger partial charge in [-0.05, 0) is 24.6 Å². The van der Waals surface area contributed by atoms with E-state index < -0.39 is 12.1 Å². The number of rotatable bonds is 6. The number of aliphatic hydroxyl groups excluding tert-OH is 1. The highest BCUT2D eigenvalue weighted by molar-refractivity contribution is 5.91. The summed E-state index contributed by atoms with van der Waals surface area (Å²) in [5, 5.41) is 12.1. The summed E-state index contributed by atoms with van der Waals surface area (Å²) >= 11 is 0. The number of carbonyl (C=O) groups excluding carboxylic acids is 1. The van der Waals surface area contributed by atoms with E-state index in [1.807, 2.05) is 24.3 Å². The average Bonchev–Trinajstić information content (AvgIpc) is 3.01. The Balaban J connectivity index is 1.97. The minimum absolute atomic E-state index is 0.119. The molecule has 7 heteroatoms. The lowest BCUT2D eigenvalue weighted by atomic mass is 10.2. The van der Waals surface area contributed by atoms with Crippen molar-refractivity contribution >= 4 is 5.91 Å². The van der Waals surface area contributed by atoms with E-state index in [1.54, 1.807) is 7.11 Å². The zero-order chi connectivity index (χ0) is 16.1. The number of ether oxygens (including phenoxy) is 1. The standard InChI is InChI=1S/C15H19N3O4/c1-9(19)13(16)15-18-12(8-22-15)14(20)17-7-10-4-3-5-11(6-10)21-2/h3-6,8-9,13,19H,7,16H2,1-2H3,(H,17,20). The zero-order valence-electron chi connectivity index (χ0n) is 12.4. The minimum atomic E-state index is -0.814. The minimum Gasteiger partial charge on any atom is -0.497 e. The highest BCUT2D eigenvalue weighted by atomic mass is 16.5. The highest BCUT2D eigenvalue weighted by Crippen LogP contribution is 2.14. The van der Waals surface area contributed by atoms with Gasteiger partial charge in [0.05, 0.1) is 13.2 Å². The topological polar surface area (TPSA) is 111 Å². The van der Waals surface area contributed by atoms with E-state index >= 15 is 0 Å². The Bertz CT molecular complexity index is 639. The van der Waals surface area contributed by atoms with Crippen molar-refractivity contribution in [2.75, 3.05) is 7.11 Å². The van der Waals surface area contributed by atoms with Gasteiger partial charge in [-0.15, -0.1) is 0 Å². The van der Waals surface area contributed by atoms with E-state index in [4.69, 9.17) is 14.9 Å². The van der Waals surface area contributed by atoms with Crippen LogP contribution >= 0.6 is 0 Å². The number of methoxy groups -OCH3 is 1. The van der Waals surface area contributed by atoms with Gasteiger partial charge < -0.3 is 25.3 Å². The van der Waals surface area contributed by atoms with Crippen LogP contribution in [0.1, 0.15) is 34.9 Å². The van der Waals surface area contributed by atoms with Crippen LogP contribution in [-0.4, -0.2) is 29.2 Å². The monoisotopic (exact) mass is 305 g/mol. The number of aromatic nitrogens is 1. The Morgan fingerprint density at radius 3 is 3.00 bits per heavy atom. The summed E-state index contributed by atoms with van der Waals surface area (Å²) < 4.78 is 10.2. The third kappa shape index (κ3) is 3.84. The van der Waals surface area contributed by atoms with Gasteiger partial charge in [0.1, 0.15) is 18.1 Å². The lowest BCUT2D eigenvalue weighted by Crippen LogP contribution is -2.25. The van der Waals surface area contributed by atoms with Gasteiger partial charge in [-0.2, -0.15) is 0 Å². The third-order valence-corrected chi connectivity index (χ3v) is 3.15. The van der Waals surface area contributed by atoms with Gasteiger partial charge in [0.25, 0.3) is 5.91 Å². The molecule has 7 nitrogen and oxygen atoms in total. The maximum absolute atomic E-state index is 12.0. The number of hydrogen-bond donors (Lipinski definition) is 3. The molecule has 4 N–H and O–H groups in total. The van der Waals surface area contributed by atoms with Crippen molar-refractivity contribution in [1.29, 1.82) is 0 Å². The van der Waals surface area contributed by atoms with E-state index in [-0.39, 0.29) is 17.5 Å². The zero-order valence-corrected chi connectivity index (χ0v) is 12.4. The molecule has 2 rings (SSSR count). The van der Waals surface area contributed by atoms with Crippen LogP contribution in [0.25, 0.3) is 0 Å². The molecule has 0 aliphatic heterocycles. The molecule has 0 saturated heterocycles. The Labute approximate surface area is 128 Å². The predicted octanol–water partition coefficient (Wildman–Crippen LogP) is 0.994. The molecule has 22 heavy (non-hydrogen) atoms. The van der Waals surface area contributed by atoms with Crippen molar-refractivity contribution in [3.63, 3.8) is 0 Å². The van der Waals surface area contributed by atoms with Gasteiger partial charge in [-0.3, -0.25) is 4.79 Å². The molecular formula is C15H19N3O4. The summed E-state index contributed by atoms with van der Waals surface area (Å²) in [4.78, 5) is 16.0. The van der Waals surface area contributed by atoms with Gasteiger partial charge in [0, 0.05) is 6.54 Å². The van der Waals surface area contributed by atoms with Crippen LogP contribution < -0.4 is 15.8 Å². The molecule has 0 bridgehead atoms. The first-order valence-electron chi connectivity index (χ1n) is 6.81. The smallest absolute Gasteiger partial charge is 0.273 e. The summed E-state index contributed by atoms with van der Waals surface area (Å²) in [6, 6.07) is 6.61. The second-order valence-corrected chi connectivity index (χ2v) is 4.87. The second kappa shape index (κ2) is 7.06. The van der Waals surface area contributed by atoms with Gasteiger partial charge in [0.2, 0.25) is 5.89 Å². The van der Waals surface area contributed by atoms with Gasteiger partial charge >= 0.3 is 0 Å². The number of nitrogens with two attached hydrogens (primary N) is 1. The molecule has 118 valence electrons. The molecule has 1 aromatic carbocycles. The number of benzene rings is 1. The first-order chi connectivity index (χ1) is 10.5. The molecule has 0 aliphatic carbocycles. The fraction of sp³-hybridized carbons (Fsp3) is 0.333. The van der Waals surface area contributed by atoms with Crippen molar-refractivity contribution in [1.82, 2.24) is 10.3 Å². The molecule has 0 radical (unpaired) electrons. The van der Waals surface area contributed by atoms with Crippen LogP contribution in [0.3, 0.4) is 0 Å². The van der Waals surface area contributed by atoms with E-state index in [0.29, 0.717) is 6.54 Å². The van der Waals surface area contributed by atoms with E-state index in [9.17, 15) is 9.90 Å². The molecule has 1 amide bonds. The summed E-state index contributed by atoms with van der Waals surface area (Å²) in [7, 11) is 1.58. The van der Waals surface area contributed by atoms with Crippen LogP contribution in [0.4, 0.5) is 0 Å². The number of aliphatic hydroxyl groups is 1. The molecule has 1 aromatic heterocycles. The molecule has 1 heterocycles. The highest BCUT2D eigenvalue weighted by Gasteiger charge is 2.20. The SMILES string of the molecule is COc1cccc(CNC(=O)c2coc(C(N)C(C)O)n2)c1. The summed E-state index contributed by atoms with van der Waals surface area (Å²) in [5.41, 5.74) is 6.72. The number of carbonyl (C=O) groups is 1. The number of amides is 1. The Hall–Kier alpha value is -2.38. The van der Waals surface area contributed by atoms with Crippen molar-refractivity contribution in [3.05, 3.63) is 47.7 Å².